The molecule has 0 radical (unpaired) electrons. The van der Waals surface area contributed by atoms with Gasteiger partial charge in [0.15, 0.2) is 15.6 Å². The summed E-state index contributed by atoms with van der Waals surface area (Å²) in [5.74, 6) is -0.732. The highest BCUT2D eigenvalue weighted by Gasteiger charge is 2.33. The molecule has 1 aromatic rings. The lowest BCUT2D eigenvalue weighted by Gasteiger charge is -2.12. The molecule has 1 aromatic carbocycles. The van der Waals surface area contributed by atoms with Gasteiger partial charge in [0, 0.05) is 30.6 Å². The van der Waals surface area contributed by atoms with Crippen LogP contribution in [0.25, 0.3) is 0 Å². The zero-order valence-corrected chi connectivity index (χ0v) is 13.1. The molecule has 0 bridgehead atoms. The Kier molecular flexibility index (Phi) is 4.66. The van der Waals surface area contributed by atoms with Crippen molar-refractivity contribution >= 4 is 21.4 Å². The summed E-state index contributed by atoms with van der Waals surface area (Å²) < 4.78 is 61.6. The summed E-state index contributed by atoms with van der Waals surface area (Å²) in [6.45, 7) is 0. The quantitative estimate of drug-likeness (QED) is 0.741. The third-order valence-corrected chi connectivity index (χ3v) is 4.78. The molecule has 1 aliphatic carbocycles. The van der Waals surface area contributed by atoms with Gasteiger partial charge in [0.1, 0.15) is 5.78 Å². The van der Waals surface area contributed by atoms with Crippen molar-refractivity contribution in [2.45, 2.75) is 36.8 Å². The molecule has 126 valence electrons. The molecule has 1 aliphatic rings. The van der Waals surface area contributed by atoms with Crippen molar-refractivity contribution in [2.75, 3.05) is 6.26 Å². The average molecular weight is 348 g/mol. The van der Waals surface area contributed by atoms with Crippen molar-refractivity contribution in [1.82, 2.24) is 0 Å². The van der Waals surface area contributed by atoms with Gasteiger partial charge in [0.2, 0.25) is 0 Å². The van der Waals surface area contributed by atoms with E-state index in [0.717, 1.165) is 25.2 Å². The number of carbonyl (C=O) groups excluding carboxylic acids is 2. The van der Waals surface area contributed by atoms with E-state index in [1.165, 1.54) is 0 Å². The largest absolute Gasteiger partial charge is 0.416 e. The monoisotopic (exact) mass is 348 g/mol. The number of sulfone groups is 1. The first-order valence-electron chi connectivity index (χ1n) is 6.97. The summed E-state index contributed by atoms with van der Waals surface area (Å²) in [7, 11) is -4.01. The van der Waals surface area contributed by atoms with E-state index in [1.54, 1.807) is 0 Å². The molecule has 0 saturated heterocycles. The fraction of sp³-hybridized carbons (Fsp3) is 0.467. The maximum atomic E-state index is 12.7. The van der Waals surface area contributed by atoms with Gasteiger partial charge in [0.05, 0.1) is 10.5 Å². The number of benzene rings is 1. The van der Waals surface area contributed by atoms with Gasteiger partial charge in [-0.25, -0.2) is 8.42 Å². The summed E-state index contributed by atoms with van der Waals surface area (Å²) in [4.78, 5) is 23.1. The number of carbonyl (C=O) groups is 2. The predicted molar refractivity (Wildman–Crippen MR) is 75.8 cm³/mol. The Labute approximate surface area is 131 Å². The topological polar surface area (TPSA) is 68.3 Å². The summed E-state index contributed by atoms with van der Waals surface area (Å²) in [5.41, 5.74) is -1.44. The van der Waals surface area contributed by atoms with Gasteiger partial charge in [-0.05, 0) is 31.0 Å². The van der Waals surface area contributed by atoms with Crippen LogP contribution in [-0.2, 0) is 20.8 Å². The van der Waals surface area contributed by atoms with Crippen molar-refractivity contribution in [3.8, 4) is 0 Å². The maximum Gasteiger partial charge on any atom is 0.416 e. The number of alkyl halides is 3. The molecule has 0 spiro atoms. The van der Waals surface area contributed by atoms with Crippen LogP contribution in [0.5, 0.6) is 0 Å². The molecule has 4 nitrogen and oxygen atoms in total. The van der Waals surface area contributed by atoms with Gasteiger partial charge in [-0.1, -0.05) is 0 Å². The minimum atomic E-state index is -4.71. The van der Waals surface area contributed by atoms with Crippen molar-refractivity contribution in [2.24, 2.45) is 5.92 Å². The van der Waals surface area contributed by atoms with E-state index in [0.29, 0.717) is 12.1 Å². The van der Waals surface area contributed by atoms with Crippen LogP contribution >= 0.6 is 0 Å². The lowest BCUT2D eigenvalue weighted by Crippen LogP contribution is -2.13. The van der Waals surface area contributed by atoms with Crippen molar-refractivity contribution in [1.29, 1.82) is 0 Å². The molecule has 0 atom stereocenters. The van der Waals surface area contributed by atoms with Crippen molar-refractivity contribution in [3.05, 3.63) is 29.3 Å². The Bertz CT molecular complexity index is 746. The lowest BCUT2D eigenvalue weighted by atomic mass is 10.0. The van der Waals surface area contributed by atoms with Gasteiger partial charge in [-0.2, -0.15) is 13.2 Å². The summed E-state index contributed by atoms with van der Waals surface area (Å²) in [5, 5.41) is 0. The van der Waals surface area contributed by atoms with E-state index < -0.39 is 32.3 Å². The van der Waals surface area contributed by atoms with Crippen LogP contribution in [-0.4, -0.2) is 26.2 Å². The number of Topliss-reactive ketones (excluding diaryl/α,β-unsaturated/α-hetero) is 2. The third-order valence-electron chi connectivity index (χ3n) is 3.64. The van der Waals surface area contributed by atoms with Gasteiger partial charge in [0.25, 0.3) is 0 Å². The van der Waals surface area contributed by atoms with E-state index >= 15 is 0 Å². The maximum absolute atomic E-state index is 12.7. The second kappa shape index (κ2) is 6.07. The van der Waals surface area contributed by atoms with E-state index in [-0.39, 0.29) is 30.1 Å². The Hall–Kier alpha value is -1.70. The highest BCUT2D eigenvalue weighted by atomic mass is 32.2. The summed E-state index contributed by atoms with van der Waals surface area (Å²) >= 11 is 0. The van der Waals surface area contributed by atoms with E-state index in [1.807, 2.05) is 0 Å². The fourth-order valence-electron chi connectivity index (χ4n) is 2.22. The van der Waals surface area contributed by atoms with E-state index in [2.05, 4.69) is 0 Å². The number of halogens is 3. The van der Waals surface area contributed by atoms with Gasteiger partial charge >= 0.3 is 6.18 Å². The molecular formula is C15H15F3O4S. The minimum Gasteiger partial charge on any atom is -0.299 e. The summed E-state index contributed by atoms with van der Waals surface area (Å²) in [6.07, 6.45) is -2.60. The fourth-order valence-corrected chi connectivity index (χ4v) is 3.14. The smallest absolute Gasteiger partial charge is 0.299 e. The Balaban J connectivity index is 2.29. The Morgan fingerprint density at radius 2 is 1.78 bits per heavy atom. The van der Waals surface area contributed by atoms with Gasteiger partial charge in [-0.3, -0.25) is 9.59 Å². The first kappa shape index (κ1) is 17.7. The first-order valence-corrected chi connectivity index (χ1v) is 8.86. The molecule has 0 aromatic heterocycles. The molecule has 1 saturated carbocycles. The van der Waals surface area contributed by atoms with Crippen LogP contribution in [0.15, 0.2) is 23.1 Å². The predicted octanol–water partition coefficient (Wildman–Crippen LogP) is 3.05. The van der Waals surface area contributed by atoms with E-state index in [4.69, 9.17) is 0 Å². The number of ketones is 2. The van der Waals surface area contributed by atoms with E-state index in [9.17, 15) is 31.2 Å². The van der Waals surface area contributed by atoms with Crippen LogP contribution in [0.1, 0.15) is 41.6 Å². The Morgan fingerprint density at radius 1 is 1.17 bits per heavy atom. The number of hydrogen-bond acceptors (Lipinski definition) is 4. The lowest BCUT2D eigenvalue weighted by molar-refractivity contribution is -0.137. The number of hydrogen-bond donors (Lipinski definition) is 0. The minimum absolute atomic E-state index is 0.0201. The molecule has 0 aliphatic heterocycles. The normalized spacial score (nSPS) is 15.5. The molecule has 8 heteroatoms. The molecule has 0 heterocycles. The zero-order valence-electron chi connectivity index (χ0n) is 12.3. The highest BCUT2D eigenvalue weighted by molar-refractivity contribution is 7.90. The SMILES string of the molecule is CS(=O)(=O)c1cc(C(F)(F)F)ccc1C(=O)CCC(=O)C1CC1. The zero-order chi connectivity index (χ0) is 17.4. The third kappa shape index (κ3) is 4.40. The van der Waals surface area contributed by atoms with Crippen LogP contribution in [0.2, 0.25) is 0 Å². The first-order chi connectivity index (χ1) is 10.5. The molecule has 1 fully saturated rings. The van der Waals surface area contributed by atoms with Crippen LogP contribution < -0.4 is 0 Å². The van der Waals surface area contributed by atoms with Crippen LogP contribution in [0, 0.1) is 5.92 Å². The molecule has 0 N–H and O–H groups in total. The van der Waals surface area contributed by atoms with Crippen LogP contribution in [0.3, 0.4) is 0 Å². The van der Waals surface area contributed by atoms with Gasteiger partial charge in [-0.15, -0.1) is 0 Å². The van der Waals surface area contributed by atoms with Crippen molar-refractivity contribution < 1.29 is 31.2 Å². The second-order valence-electron chi connectivity index (χ2n) is 5.64. The second-order valence-corrected chi connectivity index (χ2v) is 7.63. The molecular weight excluding hydrogens is 333 g/mol. The summed E-state index contributed by atoms with van der Waals surface area (Å²) in [6, 6.07) is 2.00. The standard InChI is InChI=1S/C15H15F3O4S/c1-23(21,22)14-8-10(15(16,17)18)4-5-11(14)13(20)7-6-12(19)9-2-3-9/h4-5,8-9H,2-3,6-7H2,1H3. The van der Waals surface area contributed by atoms with Crippen molar-refractivity contribution in [3.63, 3.8) is 0 Å². The molecule has 0 unspecified atom stereocenters. The molecule has 0 amide bonds. The highest BCUT2D eigenvalue weighted by Crippen LogP contribution is 2.33. The molecule has 2 rings (SSSR count). The Morgan fingerprint density at radius 3 is 2.26 bits per heavy atom. The van der Waals surface area contributed by atoms with Crippen LogP contribution in [0.4, 0.5) is 13.2 Å². The molecule has 23 heavy (non-hydrogen) atoms. The van der Waals surface area contributed by atoms with Gasteiger partial charge < -0.3 is 0 Å². The average Bonchev–Trinajstić information content (AvgIpc) is 3.26. The number of rotatable bonds is 6.